The molecule has 1 rings (SSSR count). The van der Waals surface area contributed by atoms with Gasteiger partial charge in [-0.05, 0) is 17.9 Å². The standard InChI is InChI=1S/C19H28N2O3/c1-13(2)16(21-18(24)19(3,4)5)17(23)20-15(12-22)11-14-9-7-6-8-10-14/h6-10,12-13,15-16H,11H2,1-5H3,(H,20,23)(H,21,24). The number of rotatable bonds is 7. The van der Waals surface area contributed by atoms with Crippen molar-refractivity contribution in [3.8, 4) is 0 Å². The minimum Gasteiger partial charge on any atom is -0.344 e. The largest absolute Gasteiger partial charge is 0.344 e. The van der Waals surface area contributed by atoms with Gasteiger partial charge in [0.25, 0.3) is 0 Å². The Kier molecular flexibility index (Phi) is 7.14. The van der Waals surface area contributed by atoms with Crippen LogP contribution in [0.2, 0.25) is 0 Å². The maximum Gasteiger partial charge on any atom is 0.243 e. The Bertz CT molecular complexity index is 562. The van der Waals surface area contributed by atoms with Crippen molar-refractivity contribution in [3.05, 3.63) is 35.9 Å². The number of hydrogen-bond donors (Lipinski definition) is 2. The maximum atomic E-state index is 12.5. The Labute approximate surface area is 144 Å². The van der Waals surface area contributed by atoms with Crippen LogP contribution < -0.4 is 10.6 Å². The predicted molar refractivity (Wildman–Crippen MR) is 94.4 cm³/mol. The monoisotopic (exact) mass is 332 g/mol. The Morgan fingerprint density at radius 2 is 1.67 bits per heavy atom. The zero-order valence-corrected chi connectivity index (χ0v) is 15.1. The lowest BCUT2D eigenvalue weighted by Crippen LogP contribution is -2.54. The fourth-order valence-corrected chi connectivity index (χ4v) is 2.17. The number of benzene rings is 1. The zero-order chi connectivity index (χ0) is 18.3. The topological polar surface area (TPSA) is 75.3 Å². The first-order chi connectivity index (χ1) is 11.1. The van der Waals surface area contributed by atoms with Gasteiger partial charge in [0, 0.05) is 5.41 Å². The lowest BCUT2D eigenvalue weighted by Gasteiger charge is -2.27. The van der Waals surface area contributed by atoms with Gasteiger partial charge in [-0.15, -0.1) is 0 Å². The molecule has 2 N–H and O–H groups in total. The van der Waals surface area contributed by atoms with Crippen LogP contribution in [0.4, 0.5) is 0 Å². The van der Waals surface area contributed by atoms with Gasteiger partial charge < -0.3 is 15.4 Å². The highest BCUT2D eigenvalue weighted by atomic mass is 16.2. The van der Waals surface area contributed by atoms with Gasteiger partial charge in [-0.3, -0.25) is 9.59 Å². The van der Waals surface area contributed by atoms with Crippen molar-refractivity contribution in [1.82, 2.24) is 10.6 Å². The molecular weight excluding hydrogens is 304 g/mol. The minimum absolute atomic E-state index is 0.0830. The average molecular weight is 332 g/mol. The molecule has 0 aliphatic heterocycles. The second-order valence-corrected chi connectivity index (χ2v) is 7.39. The third-order valence-corrected chi connectivity index (χ3v) is 3.71. The summed E-state index contributed by atoms with van der Waals surface area (Å²) in [5.41, 5.74) is 0.386. The molecule has 0 saturated carbocycles. The molecule has 0 aromatic heterocycles. The Balaban J connectivity index is 2.76. The summed E-state index contributed by atoms with van der Waals surface area (Å²) in [5, 5.41) is 5.51. The van der Waals surface area contributed by atoms with E-state index in [1.54, 1.807) is 20.8 Å². The summed E-state index contributed by atoms with van der Waals surface area (Å²) in [5.74, 6) is -0.613. The smallest absolute Gasteiger partial charge is 0.243 e. The van der Waals surface area contributed by atoms with Gasteiger partial charge in [0.2, 0.25) is 11.8 Å². The molecule has 1 aromatic rings. The molecule has 0 aliphatic rings. The molecule has 1 aromatic carbocycles. The highest BCUT2D eigenvalue weighted by Gasteiger charge is 2.30. The van der Waals surface area contributed by atoms with E-state index in [4.69, 9.17) is 0 Å². The summed E-state index contributed by atoms with van der Waals surface area (Å²) in [4.78, 5) is 36.0. The molecule has 0 bridgehead atoms. The minimum atomic E-state index is -0.671. The fraction of sp³-hybridized carbons (Fsp3) is 0.526. The molecule has 0 radical (unpaired) electrons. The summed E-state index contributed by atoms with van der Waals surface area (Å²) in [6, 6.07) is 8.20. The first kappa shape index (κ1) is 19.9. The number of carbonyl (C=O) groups is 3. The lowest BCUT2D eigenvalue weighted by molar-refractivity contribution is -0.134. The summed E-state index contributed by atoms with van der Waals surface area (Å²) in [6.07, 6.45) is 1.15. The van der Waals surface area contributed by atoms with Crippen LogP contribution in [0.1, 0.15) is 40.2 Å². The summed E-state index contributed by atoms with van der Waals surface area (Å²) in [6.45, 7) is 9.10. The molecule has 0 fully saturated rings. The van der Waals surface area contributed by atoms with Crippen LogP contribution >= 0.6 is 0 Å². The van der Waals surface area contributed by atoms with Crippen LogP contribution in [0, 0.1) is 11.3 Å². The second kappa shape index (κ2) is 8.62. The highest BCUT2D eigenvalue weighted by molar-refractivity contribution is 5.90. The molecule has 0 aliphatic carbocycles. The van der Waals surface area contributed by atoms with Crippen LogP contribution in [0.3, 0.4) is 0 Å². The van der Waals surface area contributed by atoms with E-state index in [2.05, 4.69) is 10.6 Å². The Hall–Kier alpha value is -2.17. The van der Waals surface area contributed by atoms with E-state index in [1.165, 1.54) is 0 Å². The van der Waals surface area contributed by atoms with Gasteiger partial charge in [-0.1, -0.05) is 65.0 Å². The highest BCUT2D eigenvalue weighted by Crippen LogP contribution is 2.14. The van der Waals surface area contributed by atoms with Gasteiger partial charge in [-0.2, -0.15) is 0 Å². The average Bonchev–Trinajstić information content (AvgIpc) is 2.51. The van der Waals surface area contributed by atoms with E-state index in [0.29, 0.717) is 6.42 Å². The molecule has 5 nitrogen and oxygen atoms in total. The van der Waals surface area contributed by atoms with E-state index in [0.717, 1.165) is 11.8 Å². The molecule has 24 heavy (non-hydrogen) atoms. The second-order valence-electron chi connectivity index (χ2n) is 7.39. The van der Waals surface area contributed by atoms with Crippen LogP contribution in [0.25, 0.3) is 0 Å². The van der Waals surface area contributed by atoms with Crippen molar-refractivity contribution in [2.24, 2.45) is 11.3 Å². The van der Waals surface area contributed by atoms with Crippen molar-refractivity contribution in [2.75, 3.05) is 0 Å². The quantitative estimate of drug-likeness (QED) is 0.751. The number of amides is 2. The van der Waals surface area contributed by atoms with Gasteiger partial charge in [0.1, 0.15) is 12.3 Å². The number of carbonyl (C=O) groups excluding carboxylic acids is 3. The molecule has 5 heteroatoms. The van der Waals surface area contributed by atoms with E-state index < -0.39 is 17.5 Å². The molecule has 132 valence electrons. The van der Waals surface area contributed by atoms with Gasteiger partial charge in [-0.25, -0.2) is 0 Å². The molecule has 0 saturated heterocycles. The summed E-state index contributed by atoms with van der Waals surface area (Å²) >= 11 is 0. The molecule has 2 amide bonds. The number of nitrogens with one attached hydrogen (secondary N) is 2. The van der Waals surface area contributed by atoms with Crippen molar-refractivity contribution in [3.63, 3.8) is 0 Å². The van der Waals surface area contributed by atoms with Crippen molar-refractivity contribution < 1.29 is 14.4 Å². The SMILES string of the molecule is CC(C)C(NC(=O)C(C)(C)C)C(=O)NC(C=O)Cc1ccccc1. The zero-order valence-electron chi connectivity index (χ0n) is 15.1. The third-order valence-electron chi connectivity index (χ3n) is 3.71. The van der Waals surface area contributed by atoms with Crippen LogP contribution in [0.15, 0.2) is 30.3 Å². The maximum absolute atomic E-state index is 12.5. The predicted octanol–water partition coefficient (Wildman–Crippen LogP) is 2.10. The number of aldehydes is 1. The lowest BCUT2D eigenvalue weighted by atomic mass is 9.93. The molecular formula is C19H28N2O3. The van der Waals surface area contributed by atoms with E-state index in [-0.39, 0.29) is 17.7 Å². The van der Waals surface area contributed by atoms with Crippen LogP contribution in [-0.2, 0) is 20.8 Å². The first-order valence-corrected chi connectivity index (χ1v) is 8.25. The van der Waals surface area contributed by atoms with E-state index in [9.17, 15) is 14.4 Å². The molecule has 0 spiro atoms. The first-order valence-electron chi connectivity index (χ1n) is 8.25. The third kappa shape index (κ3) is 6.14. The summed E-state index contributed by atoms with van der Waals surface area (Å²) < 4.78 is 0. The Morgan fingerprint density at radius 3 is 2.12 bits per heavy atom. The van der Waals surface area contributed by atoms with E-state index >= 15 is 0 Å². The number of hydrogen-bond acceptors (Lipinski definition) is 3. The van der Waals surface area contributed by atoms with E-state index in [1.807, 2.05) is 44.2 Å². The molecule has 0 heterocycles. The van der Waals surface area contributed by atoms with Crippen molar-refractivity contribution >= 4 is 18.1 Å². The van der Waals surface area contributed by atoms with Gasteiger partial charge >= 0.3 is 0 Å². The normalized spacial score (nSPS) is 13.9. The van der Waals surface area contributed by atoms with Gasteiger partial charge in [0.05, 0.1) is 6.04 Å². The van der Waals surface area contributed by atoms with Crippen LogP contribution in [0.5, 0.6) is 0 Å². The molecule has 2 unspecified atom stereocenters. The molecule has 2 atom stereocenters. The van der Waals surface area contributed by atoms with Crippen molar-refractivity contribution in [2.45, 2.75) is 53.1 Å². The van der Waals surface area contributed by atoms with Crippen molar-refractivity contribution in [1.29, 1.82) is 0 Å². The van der Waals surface area contributed by atoms with Gasteiger partial charge in [0.15, 0.2) is 0 Å². The van der Waals surface area contributed by atoms with Crippen LogP contribution in [-0.4, -0.2) is 30.2 Å². The Morgan fingerprint density at radius 1 is 1.08 bits per heavy atom. The summed E-state index contributed by atoms with van der Waals surface area (Å²) in [7, 11) is 0. The fourth-order valence-electron chi connectivity index (χ4n) is 2.17.